The van der Waals surface area contributed by atoms with Gasteiger partial charge in [-0.05, 0) is 37.3 Å². The van der Waals surface area contributed by atoms with Crippen molar-refractivity contribution in [2.45, 2.75) is 13.0 Å². The highest BCUT2D eigenvalue weighted by molar-refractivity contribution is 6.30. The number of aromatic nitrogens is 1. The van der Waals surface area contributed by atoms with E-state index in [1.54, 1.807) is 6.20 Å². The van der Waals surface area contributed by atoms with Crippen molar-refractivity contribution in [2.75, 3.05) is 36.1 Å². The second-order valence-electron chi connectivity index (χ2n) is 6.89. The average Bonchev–Trinajstić information content (AvgIpc) is 3.24. The maximum atomic E-state index is 8.91. The van der Waals surface area contributed by atoms with Gasteiger partial charge in [-0.15, -0.1) is 5.53 Å². The van der Waals surface area contributed by atoms with E-state index in [-0.39, 0.29) is 6.04 Å². The van der Waals surface area contributed by atoms with Crippen LogP contribution in [0.3, 0.4) is 0 Å². The van der Waals surface area contributed by atoms with E-state index in [2.05, 4.69) is 44.9 Å². The molecule has 2 aromatic rings. The molecule has 2 N–H and O–H groups in total. The zero-order chi connectivity index (χ0) is 19.5. The summed E-state index contributed by atoms with van der Waals surface area (Å²) in [5.41, 5.74) is 9.14. The van der Waals surface area contributed by atoms with Crippen molar-refractivity contribution in [1.29, 1.82) is 5.26 Å². The van der Waals surface area contributed by atoms with Gasteiger partial charge in [0, 0.05) is 49.6 Å². The van der Waals surface area contributed by atoms with Gasteiger partial charge in [-0.1, -0.05) is 17.7 Å². The van der Waals surface area contributed by atoms with Crippen LogP contribution in [0, 0.1) is 11.3 Å². The number of pyridine rings is 1. The first-order valence-corrected chi connectivity index (χ1v) is 9.65. The van der Waals surface area contributed by atoms with Gasteiger partial charge in [0.25, 0.3) is 0 Å². The fourth-order valence-electron chi connectivity index (χ4n) is 3.48. The predicted molar refractivity (Wildman–Crippen MR) is 110 cm³/mol. The molecule has 1 saturated heterocycles. The smallest absolute Gasteiger partial charge is 0.128 e. The summed E-state index contributed by atoms with van der Waals surface area (Å²) in [4.78, 5) is 9.11. The maximum absolute atomic E-state index is 8.91. The monoisotopic (exact) mass is 395 g/mol. The molecule has 0 radical (unpaired) electrons. The molecule has 0 bridgehead atoms. The minimum absolute atomic E-state index is 0.257. The van der Waals surface area contributed by atoms with Crippen LogP contribution in [0.1, 0.15) is 12.5 Å². The topological polar surface area (TPSA) is 70.5 Å². The van der Waals surface area contributed by atoms with Crippen LogP contribution in [0.15, 0.2) is 54.5 Å². The number of anilines is 2. The summed E-state index contributed by atoms with van der Waals surface area (Å²) in [5.74, 6) is 0.929. The average molecular weight is 396 g/mol. The van der Waals surface area contributed by atoms with Gasteiger partial charge in [0.1, 0.15) is 11.9 Å². The van der Waals surface area contributed by atoms with Crippen molar-refractivity contribution < 1.29 is 0 Å². The van der Waals surface area contributed by atoms with Crippen LogP contribution in [-0.4, -0.2) is 42.1 Å². The fourth-order valence-corrected chi connectivity index (χ4v) is 3.66. The Hall–Kier alpha value is -2.79. The van der Waals surface area contributed by atoms with E-state index in [0.29, 0.717) is 10.6 Å². The van der Waals surface area contributed by atoms with Gasteiger partial charge in [-0.2, -0.15) is 5.26 Å². The number of nitrogens with one attached hydrogen (secondary N) is 2. The fraction of sp³-hybridized carbons (Fsp3) is 0.300. The van der Waals surface area contributed by atoms with Crippen LogP contribution >= 0.6 is 11.6 Å². The molecular weight excluding hydrogens is 374 g/mol. The molecule has 1 aromatic carbocycles. The number of hydrogen-bond acceptors (Lipinski definition) is 7. The lowest BCUT2D eigenvalue weighted by atomic mass is 10.2. The molecule has 0 amide bonds. The van der Waals surface area contributed by atoms with E-state index in [9.17, 15) is 0 Å². The molecule has 0 saturated carbocycles. The normalized spacial score (nSPS) is 18.4. The number of nitriles is 1. The summed E-state index contributed by atoms with van der Waals surface area (Å²) in [7, 11) is 0. The number of halogens is 1. The zero-order valence-corrected chi connectivity index (χ0v) is 16.4. The highest BCUT2D eigenvalue weighted by Gasteiger charge is 2.26. The number of piperazine rings is 1. The Morgan fingerprint density at radius 2 is 2.00 bits per heavy atom. The zero-order valence-electron chi connectivity index (χ0n) is 15.6. The minimum Gasteiger partial charge on any atom is -0.354 e. The molecule has 0 spiro atoms. The summed E-state index contributed by atoms with van der Waals surface area (Å²) in [6.07, 6.45) is 3.71. The summed E-state index contributed by atoms with van der Waals surface area (Å²) >= 11 is 6.10. The molecule has 2 aliphatic heterocycles. The molecule has 7 nitrogen and oxygen atoms in total. The van der Waals surface area contributed by atoms with Gasteiger partial charge in [0.05, 0.1) is 16.9 Å². The van der Waals surface area contributed by atoms with E-state index in [1.165, 1.54) is 0 Å². The third-order valence-electron chi connectivity index (χ3n) is 5.19. The molecule has 3 heterocycles. The molecule has 144 valence electrons. The Bertz CT molecular complexity index is 898. The number of hydrazine groups is 2. The van der Waals surface area contributed by atoms with Crippen molar-refractivity contribution in [3.05, 3.63) is 65.1 Å². The molecule has 0 aliphatic carbocycles. The highest BCUT2D eigenvalue weighted by Crippen LogP contribution is 2.23. The van der Waals surface area contributed by atoms with Crippen molar-refractivity contribution in [3.8, 4) is 6.07 Å². The van der Waals surface area contributed by atoms with Gasteiger partial charge < -0.3 is 10.3 Å². The van der Waals surface area contributed by atoms with Crippen LogP contribution in [0.25, 0.3) is 0 Å². The largest absolute Gasteiger partial charge is 0.354 e. The summed E-state index contributed by atoms with van der Waals surface area (Å²) in [5, 5.41) is 11.6. The van der Waals surface area contributed by atoms with Crippen molar-refractivity contribution in [2.24, 2.45) is 0 Å². The molecule has 28 heavy (non-hydrogen) atoms. The first-order chi connectivity index (χ1) is 13.6. The number of hydrogen-bond donors (Lipinski definition) is 2. The lowest BCUT2D eigenvalue weighted by Gasteiger charge is -2.38. The highest BCUT2D eigenvalue weighted by atomic mass is 35.5. The minimum atomic E-state index is 0.257. The number of benzene rings is 1. The number of nitrogens with zero attached hydrogens (tertiary/aromatic N) is 5. The van der Waals surface area contributed by atoms with Gasteiger partial charge in [-0.25, -0.2) is 4.98 Å². The maximum Gasteiger partial charge on any atom is 0.128 e. The van der Waals surface area contributed by atoms with Gasteiger partial charge in [0.15, 0.2) is 0 Å². The second-order valence-corrected chi connectivity index (χ2v) is 7.32. The van der Waals surface area contributed by atoms with E-state index >= 15 is 0 Å². The SMILES string of the molecule is CC(C1=CN(c2cccc(Cl)c2)NN1)N1CCN(c2ccc(C#N)cn2)CC1. The van der Waals surface area contributed by atoms with Gasteiger partial charge >= 0.3 is 0 Å². The van der Waals surface area contributed by atoms with Crippen molar-refractivity contribution >= 4 is 23.1 Å². The number of rotatable bonds is 4. The van der Waals surface area contributed by atoms with Gasteiger partial charge in [0.2, 0.25) is 0 Å². The van der Waals surface area contributed by atoms with Gasteiger partial charge in [-0.3, -0.25) is 9.91 Å². The molecule has 1 aromatic heterocycles. The first-order valence-electron chi connectivity index (χ1n) is 9.27. The van der Waals surface area contributed by atoms with Crippen molar-refractivity contribution in [1.82, 2.24) is 20.8 Å². The molecule has 8 heteroatoms. The van der Waals surface area contributed by atoms with Crippen molar-refractivity contribution in [3.63, 3.8) is 0 Å². The Morgan fingerprint density at radius 3 is 2.68 bits per heavy atom. The van der Waals surface area contributed by atoms with E-state index in [0.717, 1.165) is 43.4 Å². The quantitative estimate of drug-likeness (QED) is 0.824. The first kappa shape index (κ1) is 18.6. The Balaban J connectivity index is 1.36. The third-order valence-corrected chi connectivity index (χ3v) is 5.42. The predicted octanol–water partition coefficient (Wildman–Crippen LogP) is 2.49. The van der Waals surface area contributed by atoms with Crippen LogP contribution in [0.4, 0.5) is 11.5 Å². The van der Waals surface area contributed by atoms with E-state index in [4.69, 9.17) is 16.9 Å². The molecule has 4 rings (SSSR count). The lowest BCUT2D eigenvalue weighted by molar-refractivity contribution is 0.213. The molecule has 1 atom stereocenters. The van der Waals surface area contributed by atoms with Crippen LogP contribution in [0.2, 0.25) is 5.02 Å². The molecule has 2 aliphatic rings. The summed E-state index contributed by atoms with van der Waals surface area (Å²) in [6.45, 7) is 5.90. The molecule has 1 fully saturated rings. The van der Waals surface area contributed by atoms with Crippen LogP contribution < -0.4 is 20.9 Å². The van der Waals surface area contributed by atoms with E-state index in [1.807, 2.05) is 41.4 Å². The summed E-state index contributed by atoms with van der Waals surface area (Å²) in [6, 6.07) is 13.8. The molecule has 1 unspecified atom stereocenters. The Morgan fingerprint density at radius 1 is 1.18 bits per heavy atom. The second kappa shape index (κ2) is 8.07. The third kappa shape index (κ3) is 3.90. The van der Waals surface area contributed by atoms with Crippen LogP contribution in [-0.2, 0) is 0 Å². The Kier molecular flexibility index (Phi) is 5.35. The molecular formula is C20H22ClN7. The lowest BCUT2D eigenvalue weighted by Crippen LogP contribution is -2.51. The Labute approximate surface area is 169 Å². The van der Waals surface area contributed by atoms with E-state index < -0.39 is 0 Å². The summed E-state index contributed by atoms with van der Waals surface area (Å²) < 4.78 is 0. The standard InChI is InChI=1S/C20H22ClN7/c1-15(19-14-28(25-24-19)18-4-2-3-17(21)11-18)26-7-9-27(10-8-26)20-6-5-16(12-22)13-23-20/h2-6,11,13-15,24-25H,7-10H2,1H3. The van der Waals surface area contributed by atoms with Crippen LogP contribution in [0.5, 0.6) is 0 Å².